The summed E-state index contributed by atoms with van der Waals surface area (Å²) >= 11 is 16.1. The number of benzene rings is 3. The molecule has 4 amide bonds. The average Bonchev–Trinajstić information content (AvgIpc) is 3.56. The van der Waals surface area contributed by atoms with Crippen LogP contribution >= 0.6 is 39.1 Å². The highest BCUT2D eigenvalue weighted by Gasteiger charge is 2.70. The number of rotatable bonds is 6. The molecule has 56 heavy (non-hydrogen) atoms. The fourth-order valence-electron chi connectivity index (χ4n) is 9.22. The number of anilines is 2. The number of pyridine rings is 1. The average molecular weight is 871 g/mol. The lowest BCUT2D eigenvalue weighted by atomic mass is 9.49. The Morgan fingerprint density at radius 1 is 0.946 bits per heavy atom. The number of hydrogen-bond acceptors (Lipinski definition) is 8. The van der Waals surface area contributed by atoms with Gasteiger partial charge in [0.2, 0.25) is 11.8 Å². The van der Waals surface area contributed by atoms with Crippen LogP contribution in [0.3, 0.4) is 0 Å². The van der Waals surface area contributed by atoms with Crippen LogP contribution < -0.4 is 14.6 Å². The van der Waals surface area contributed by atoms with Gasteiger partial charge >= 0.3 is 6.18 Å². The molecule has 1 aromatic heterocycles. The van der Waals surface area contributed by atoms with Crippen molar-refractivity contribution in [1.29, 1.82) is 0 Å². The van der Waals surface area contributed by atoms with Gasteiger partial charge in [-0.3, -0.25) is 24.2 Å². The molecule has 3 heterocycles. The topological polar surface area (TPSA) is 120 Å². The molecule has 8 rings (SSSR count). The molecule has 3 fully saturated rings. The van der Waals surface area contributed by atoms with Gasteiger partial charge in [0.15, 0.2) is 17.3 Å². The molecular formula is C40H30BrCl2F3N4O6. The predicted octanol–water partition coefficient (Wildman–Crippen LogP) is 8.10. The number of aromatic hydroxyl groups is 1. The number of fused-ring (bicyclic) bond motifs is 4. The molecule has 4 aliphatic rings. The number of hydrogen-bond donors (Lipinski definition) is 1. The first kappa shape index (κ1) is 38.0. The summed E-state index contributed by atoms with van der Waals surface area (Å²) in [5.74, 6) is -7.88. The quantitative estimate of drug-likeness (QED) is 0.153. The van der Waals surface area contributed by atoms with Crippen molar-refractivity contribution in [2.24, 2.45) is 23.7 Å². The highest BCUT2D eigenvalue weighted by atomic mass is 79.9. The summed E-state index contributed by atoms with van der Waals surface area (Å²) in [6, 6.07) is 20.2. The molecule has 288 valence electrons. The van der Waals surface area contributed by atoms with Crippen molar-refractivity contribution >= 4 is 74.3 Å². The van der Waals surface area contributed by atoms with Gasteiger partial charge in [0.05, 0.1) is 45.5 Å². The zero-order valence-electron chi connectivity index (χ0n) is 29.4. The first-order valence-electron chi connectivity index (χ1n) is 17.4. The molecule has 2 saturated heterocycles. The lowest BCUT2D eigenvalue weighted by molar-refractivity contribution is -0.141. The molecule has 0 spiro atoms. The van der Waals surface area contributed by atoms with Crippen LogP contribution in [0.2, 0.25) is 10.0 Å². The molecule has 3 aromatic carbocycles. The minimum absolute atomic E-state index is 0.0322. The lowest BCUT2D eigenvalue weighted by Gasteiger charge is -2.50. The van der Waals surface area contributed by atoms with Crippen molar-refractivity contribution < 1.29 is 42.2 Å². The van der Waals surface area contributed by atoms with Crippen LogP contribution in [0.15, 0.2) is 95.0 Å². The van der Waals surface area contributed by atoms with Crippen LogP contribution in [-0.2, 0) is 30.8 Å². The first-order chi connectivity index (χ1) is 26.6. The molecule has 0 bridgehead atoms. The van der Waals surface area contributed by atoms with E-state index in [1.54, 1.807) is 60.7 Å². The molecule has 1 N–H and O–H groups in total. The Kier molecular flexibility index (Phi) is 9.24. The monoisotopic (exact) mass is 868 g/mol. The van der Waals surface area contributed by atoms with E-state index in [0.29, 0.717) is 27.8 Å². The van der Waals surface area contributed by atoms with Gasteiger partial charge in [-0.05, 0) is 88.3 Å². The number of halogens is 6. The molecule has 4 aromatic rings. The molecule has 6 atom stereocenters. The van der Waals surface area contributed by atoms with E-state index in [2.05, 4.69) is 20.9 Å². The second kappa shape index (κ2) is 13.6. The van der Waals surface area contributed by atoms with Crippen LogP contribution in [0.1, 0.15) is 35.6 Å². The fraction of sp³-hybridized carbons (Fsp3) is 0.275. The SMILES string of the molecule is COc1cc([C@H]2C3=CC[C@@H]4C(=O)N(N(C)c5nc(C(F)(F)F)ccc5Cl)C(=O)[C@@H]4[C@@H]3C[C@H]3C(=O)N(c4cccc(Cl)c4)C(=O)[C@@]23c2ccccc2)cc(Br)c1O. The number of allylic oxidation sites excluding steroid dienone is 2. The normalized spacial score (nSPS) is 25.9. The Morgan fingerprint density at radius 2 is 1.68 bits per heavy atom. The lowest BCUT2D eigenvalue weighted by Crippen LogP contribution is -2.53. The standard InChI is InChI=1S/C40H30BrCl2F3N4O6/c1-48(34-28(43)13-14-30(47-34)40(44,45)46)50-35(52)24-12-11-23-25(31(24)37(50)54)18-26-36(53)49(22-10-6-9-21(42)17-22)38(55)39(26,20-7-4-3-5-8-20)32(23)19-15-27(41)33(51)29(16-19)56-2/h3-11,13-17,24-26,31-32,51H,12,18H2,1-2H3/t24-,25+,26-,31-,32-,39+/m0/s1. The molecule has 10 nitrogen and oxygen atoms in total. The maximum atomic E-state index is 15.4. The van der Waals surface area contributed by atoms with Crippen molar-refractivity contribution in [2.75, 3.05) is 24.1 Å². The number of methoxy groups -OCH3 is 1. The van der Waals surface area contributed by atoms with Crippen molar-refractivity contribution in [3.63, 3.8) is 0 Å². The Labute approximate surface area is 336 Å². The number of phenols is 1. The van der Waals surface area contributed by atoms with E-state index < -0.39 is 76.3 Å². The zero-order valence-corrected chi connectivity index (χ0v) is 32.5. The Balaban J connectivity index is 1.32. The van der Waals surface area contributed by atoms with Gasteiger partial charge in [-0.25, -0.2) is 9.88 Å². The highest BCUT2D eigenvalue weighted by Crippen LogP contribution is 2.65. The summed E-state index contributed by atoms with van der Waals surface area (Å²) in [5, 5.41) is 12.7. The summed E-state index contributed by atoms with van der Waals surface area (Å²) in [6.45, 7) is 0. The molecular weight excluding hydrogens is 840 g/mol. The third-order valence-corrected chi connectivity index (χ3v) is 12.6. The number of amides is 4. The van der Waals surface area contributed by atoms with Crippen LogP contribution in [0.25, 0.3) is 0 Å². The van der Waals surface area contributed by atoms with Gasteiger partial charge in [0, 0.05) is 18.0 Å². The molecule has 0 unspecified atom stereocenters. The number of imide groups is 2. The van der Waals surface area contributed by atoms with Gasteiger partial charge in [-0.2, -0.15) is 18.2 Å². The summed E-state index contributed by atoms with van der Waals surface area (Å²) in [5.41, 5.74) is -0.991. The molecule has 2 aliphatic carbocycles. The van der Waals surface area contributed by atoms with Crippen LogP contribution in [0.5, 0.6) is 11.5 Å². The minimum atomic E-state index is -4.83. The summed E-state index contributed by atoms with van der Waals surface area (Å²) in [7, 11) is 2.61. The number of phenolic OH excluding ortho intramolecular Hbond substituents is 1. The Bertz CT molecular complexity index is 2380. The van der Waals surface area contributed by atoms with Gasteiger partial charge < -0.3 is 9.84 Å². The Hall–Kier alpha value is -4.92. The van der Waals surface area contributed by atoms with Crippen molar-refractivity contribution in [1.82, 2.24) is 9.99 Å². The molecule has 2 aliphatic heterocycles. The largest absolute Gasteiger partial charge is 0.503 e. The number of aromatic nitrogens is 1. The second-order valence-electron chi connectivity index (χ2n) is 14.2. The minimum Gasteiger partial charge on any atom is -0.503 e. The maximum Gasteiger partial charge on any atom is 0.433 e. The van der Waals surface area contributed by atoms with Gasteiger partial charge in [-0.1, -0.05) is 71.2 Å². The van der Waals surface area contributed by atoms with E-state index in [1.807, 2.05) is 6.08 Å². The number of alkyl halides is 3. The number of carbonyl (C=O) groups is 4. The van der Waals surface area contributed by atoms with Gasteiger partial charge in [-0.15, -0.1) is 0 Å². The fourth-order valence-corrected chi connectivity index (χ4v) is 10.1. The number of carbonyl (C=O) groups excluding carboxylic acids is 4. The number of ether oxygens (including phenoxy) is 1. The van der Waals surface area contributed by atoms with Gasteiger partial charge in [0.1, 0.15) is 5.69 Å². The van der Waals surface area contributed by atoms with E-state index in [-0.39, 0.29) is 39.5 Å². The van der Waals surface area contributed by atoms with Gasteiger partial charge in [0.25, 0.3) is 11.8 Å². The van der Waals surface area contributed by atoms with Crippen LogP contribution in [0.4, 0.5) is 24.7 Å². The third-order valence-electron chi connectivity index (χ3n) is 11.5. The number of hydrazine groups is 1. The zero-order chi connectivity index (χ0) is 40.0. The van der Waals surface area contributed by atoms with E-state index in [9.17, 15) is 32.7 Å². The van der Waals surface area contributed by atoms with Crippen molar-refractivity contribution in [3.05, 3.63) is 122 Å². The van der Waals surface area contributed by atoms with Crippen molar-refractivity contribution in [3.8, 4) is 11.5 Å². The van der Waals surface area contributed by atoms with E-state index in [0.717, 1.165) is 21.0 Å². The molecule has 0 radical (unpaired) electrons. The predicted molar refractivity (Wildman–Crippen MR) is 203 cm³/mol. The van der Waals surface area contributed by atoms with Crippen molar-refractivity contribution in [2.45, 2.75) is 30.4 Å². The van der Waals surface area contributed by atoms with E-state index in [4.69, 9.17) is 27.9 Å². The van der Waals surface area contributed by atoms with E-state index >= 15 is 4.79 Å². The second-order valence-corrected chi connectivity index (χ2v) is 15.9. The summed E-state index contributed by atoms with van der Waals surface area (Å²) in [4.78, 5) is 64.1. The first-order valence-corrected chi connectivity index (χ1v) is 19.0. The number of nitrogens with zero attached hydrogens (tertiary/aromatic N) is 4. The van der Waals surface area contributed by atoms with E-state index in [1.165, 1.54) is 20.2 Å². The highest BCUT2D eigenvalue weighted by molar-refractivity contribution is 9.10. The molecule has 16 heteroatoms. The smallest absolute Gasteiger partial charge is 0.433 e. The molecule has 1 saturated carbocycles. The maximum absolute atomic E-state index is 15.4. The van der Waals surface area contributed by atoms with Crippen LogP contribution in [0, 0.1) is 23.7 Å². The van der Waals surface area contributed by atoms with Crippen LogP contribution in [-0.4, -0.2) is 52.9 Å². The summed E-state index contributed by atoms with van der Waals surface area (Å²) < 4.78 is 46.9. The Morgan fingerprint density at radius 3 is 2.36 bits per heavy atom. The third kappa shape index (κ3) is 5.54. The summed E-state index contributed by atoms with van der Waals surface area (Å²) in [6.07, 6.45) is -2.99.